The van der Waals surface area contributed by atoms with E-state index in [1.165, 1.54) is 0 Å². The minimum atomic E-state index is -2.28. The normalized spacial score (nSPS) is 46.9. The van der Waals surface area contributed by atoms with Crippen molar-refractivity contribution < 1.29 is 34.8 Å². The van der Waals surface area contributed by atoms with Crippen LogP contribution >= 0.6 is 0 Å². The number of ketones is 2. The molecule has 0 aliphatic heterocycles. The number of rotatable bonds is 3. The van der Waals surface area contributed by atoms with Crippen molar-refractivity contribution in [1.29, 1.82) is 0 Å². The standard InChI is InChI=1S/C22H28O7/c1-20-7-5-12(23)9-11(20)3-4-13-14-6-8-22(29,18(26)17(25)19(27)28)21(14,2)10-15(24)16(13)20/h5,7,9,13-17,24-25,29H,3-4,6,8,10H2,1-2H3,(H,27,28)/t13-,14-,15?,16-,17?,20+,21+,22+/m1/s1. The summed E-state index contributed by atoms with van der Waals surface area (Å²) in [6.07, 6.45) is 4.15. The lowest BCUT2D eigenvalue weighted by atomic mass is 9.46. The Kier molecular flexibility index (Phi) is 4.46. The molecule has 0 aromatic carbocycles. The first kappa shape index (κ1) is 20.4. The zero-order chi connectivity index (χ0) is 21.4. The van der Waals surface area contributed by atoms with Crippen LogP contribution in [-0.4, -0.2) is 55.8 Å². The van der Waals surface area contributed by atoms with Crippen molar-refractivity contribution >= 4 is 17.5 Å². The monoisotopic (exact) mass is 404 g/mol. The van der Waals surface area contributed by atoms with E-state index in [1.54, 1.807) is 19.1 Å². The smallest absolute Gasteiger partial charge is 0.340 e. The largest absolute Gasteiger partial charge is 0.479 e. The molecule has 4 rings (SSSR count). The van der Waals surface area contributed by atoms with E-state index in [2.05, 4.69) is 0 Å². The van der Waals surface area contributed by atoms with Gasteiger partial charge in [-0.3, -0.25) is 9.59 Å². The van der Waals surface area contributed by atoms with E-state index in [1.807, 2.05) is 13.0 Å². The Hall–Kier alpha value is -1.83. The van der Waals surface area contributed by atoms with E-state index < -0.39 is 40.4 Å². The lowest BCUT2D eigenvalue weighted by molar-refractivity contribution is -0.185. The van der Waals surface area contributed by atoms with Gasteiger partial charge in [0, 0.05) is 16.7 Å². The molecule has 3 saturated carbocycles. The van der Waals surface area contributed by atoms with Crippen LogP contribution in [0, 0.1) is 28.6 Å². The highest BCUT2D eigenvalue weighted by Gasteiger charge is 2.69. The van der Waals surface area contributed by atoms with Gasteiger partial charge in [0.2, 0.25) is 11.9 Å². The predicted octanol–water partition coefficient (Wildman–Crippen LogP) is 1.01. The highest BCUT2D eigenvalue weighted by molar-refractivity contribution is 6.06. The van der Waals surface area contributed by atoms with Gasteiger partial charge in [-0.25, -0.2) is 4.79 Å². The third kappa shape index (κ3) is 2.57. The summed E-state index contributed by atoms with van der Waals surface area (Å²) in [4.78, 5) is 35.7. The van der Waals surface area contributed by atoms with Crippen LogP contribution in [0.2, 0.25) is 0 Å². The van der Waals surface area contributed by atoms with E-state index in [0.29, 0.717) is 12.8 Å². The van der Waals surface area contributed by atoms with Gasteiger partial charge in [-0.15, -0.1) is 0 Å². The Balaban J connectivity index is 1.72. The van der Waals surface area contributed by atoms with Crippen LogP contribution in [0.15, 0.2) is 23.8 Å². The highest BCUT2D eigenvalue weighted by Crippen LogP contribution is 2.67. The second-order valence-corrected chi connectivity index (χ2v) is 9.72. The summed E-state index contributed by atoms with van der Waals surface area (Å²) >= 11 is 0. The number of carboxylic acid groups (broad SMARTS) is 1. The van der Waals surface area contributed by atoms with Crippen LogP contribution in [0.1, 0.15) is 46.0 Å². The number of aliphatic hydroxyl groups is 3. The predicted molar refractivity (Wildman–Crippen MR) is 102 cm³/mol. The Morgan fingerprint density at radius 2 is 1.93 bits per heavy atom. The number of hydrogen-bond acceptors (Lipinski definition) is 6. The lowest BCUT2D eigenvalue weighted by Crippen LogP contribution is -2.63. The van der Waals surface area contributed by atoms with Crippen LogP contribution in [0.4, 0.5) is 0 Å². The van der Waals surface area contributed by atoms with Crippen molar-refractivity contribution in [3.8, 4) is 0 Å². The fourth-order valence-electron chi connectivity index (χ4n) is 7.07. The van der Waals surface area contributed by atoms with Crippen molar-refractivity contribution in [2.75, 3.05) is 0 Å². The maximum atomic E-state index is 12.7. The average molecular weight is 404 g/mol. The van der Waals surface area contributed by atoms with Crippen LogP contribution in [0.5, 0.6) is 0 Å². The van der Waals surface area contributed by atoms with Crippen molar-refractivity contribution in [3.05, 3.63) is 23.8 Å². The first-order chi connectivity index (χ1) is 13.5. The van der Waals surface area contributed by atoms with Gasteiger partial charge in [-0.05, 0) is 56.1 Å². The van der Waals surface area contributed by atoms with Crippen molar-refractivity contribution in [2.24, 2.45) is 28.6 Å². The molecule has 0 amide bonds. The number of Topliss-reactive ketones (excluding diaryl/α,β-unsaturated/α-hetero) is 1. The maximum Gasteiger partial charge on any atom is 0.340 e. The average Bonchev–Trinajstić information content (AvgIpc) is 2.92. The quantitative estimate of drug-likeness (QED) is 0.516. The van der Waals surface area contributed by atoms with E-state index in [-0.39, 0.29) is 36.4 Å². The van der Waals surface area contributed by atoms with E-state index in [9.17, 15) is 29.7 Å². The van der Waals surface area contributed by atoms with Crippen LogP contribution in [0.3, 0.4) is 0 Å². The minimum Gasteiger partial charge on any atom is -0.479 e. The van der Waals surface area contributed by atoms with Gasteiger partial charge in [-0.2, -0.15) is 0 Å². The zero-order valence-corrected chi connectivity index (χ0v) is 16.7. The summed E-state index contributed by atoms with van der Waals surface area (Å²) < 4.78 is 0. The zero-order valence-electron chi connectivity index (χ0n) is 16.7. The molecule has 4 aliphatic carbocycles. The molecule has 4 N–H and O–H groups in total. The third-order valence-corrected chi connectivity index (χ3v) is 8.54. The Morgan fingerprint density at radius 1 is 1.24 bits per heavy atom. The van der Waals surface area contributed by atoms with Gasteiger partial charge in [0.05, 0.1) is 6.10 Å². The molecule has 2 unspecified atom stereocenters. The summed E-state index contributed by atoms with van der Waals surface area (Å²) in [5.41, 5.74) is -2.45. The van der Waals surface area contributed by atoms with Gasteiger partial charge in [0.1, 0.15) is 5.60 Å². The van der Waals surface area contributed by atoms with E-state index in [4.69, 9.17) is 5.11 Å². The van der Waals surface area contributed by atoms with Crippen molar-refractivity contribution in [2.45, 2.75) is 63.8 Å². The molecule has 29 heavy (non-hydrogen) atoms. The number of carbonyl (C=O) groups excluding carboxylic acids is 2. The molecule has 0 heterocycles. The number of aliphatic hydroxyl groups excluding tert-OH is 2. The highest BCUT2D eigenvalue weighted by atomic mass is 16.4. The molecular formula is C22H28O7. The molecule has 0 radical (unpaired) electrons. The van der Waals surface area contributed by atoms with Gasteiger partial charge in [0.25, 0.3) is 0 Å². The molecule has 4 aliphatic rings. The van der Waals surface area contributed by atoms with Crippen LogP contribution in [0.25, 0.3) is 0 Å². The van der Waals surface area contributed by atoms with Crippen molar-refractivity contribution in [3.63, 3.8) is 0 Å². The van der Waals surface area contributed by atoms with Gasteiger partial charge >= 0.3 is 5.97 Å². The molecular weight excluding hydrogens is 376 g/mol. The number of hydrogen-bond donors (Lipinski definition) is 4. The molecule has 0 aromatic rings. The van der Waals surface area contributed by atoms with Gasteiger partial charge < -0.3 is 20.4 Å². The van der Waals surface area contributed by atoms with Gasteiger partial charge in [0.15, 0.2) is 5.78 Å². The topological polar surface area (TPSA) is 132 Å². The second kappa shape index (κ2) is 6.33. The maximum absolute atomic E-state index is 12.7. The second-order valence-electron chi connectivity index (χ2n) is 9.72. The SMILES string of the molecule is C[C@]12C=CC(=O)C=C1CC[C@@H]1[C@H]3CC[C@](O)(C(=O)C(O)C(=O)O)[C@@]3(C)CC(O)[C@@H]12. The first-order valence-electron chi connectivity index (χ1n) is 10.3. The number of carbonyl (C=O) groups is 3. The third-order valence-electron chi connectivity index (χ3n) is 8.54. The molecule has 0 bridgehead atoms. The van der Waals surface area contributed by atoms with Crippen molar-refractivity contribution in [1.82, 2.24) is 0 Å². The molecule has 7 heteroatoms. The Bertz CT molecular complexity index is 844. The number of aliphatic carboxylic acids is 1. The Morgan fingerprint density at radius 3 is 2.59 bits per heavy atom. The molecule has 3 fully saturated rings. The number of carboxylic acids is 1. The van der Waals surface area contributed by atoms with E-state index in [0.717, 1.165) is 12.0 Å². The fourth-order valence-corrected chi connectivity index (χ4v) is 7.07. The van der Waals surface area contributed by atoms with Crippen LogP contribution in [-0.2, 0) is 14.4 Å². The Labute approximate surface area is 169 Å². The first-order valence-corrected chi connectivity index (χ1v) is 10.3. The molecule has 158 valence electrons. The fraction of sp³-hybridized carbons (Fsp3) is 0.682. The summed E-state index contributed by atoms with van der Waals surface area (Å²) in [7, 11) is 0. The number of allylic oxidation sites excluding steroid dienone is 4. The van der Waals surface area contributed by atoms with Gasteiger partial charge in [-0.1, -0.05) is 25.5 Å². The summed E-state index contributed by atoms with van der Waals surface area (Å²) in [5.74, 6) is -3.03. The summed E-state index contributed by atoms with van der Waals surface area (Å²) in [6, 6.07) is 0. The molecule has 0 aromatic heterocycles. The molecule has 8 atom stereocenters. The minimum absolute atomic E-state index is 0.0209. The molecule has 7 nitrogen and oxygen atoms in total. The number of fused-ring (bicyclic) bond motifs is 5. The molecule has 0 spiro atoms. The van der Waals surface area contributed by atoms with Crippen LogP contribution < -0.4 is 0 Å². The van der Waals surface area contributed by atoms with E-state index >= 15 is 0 Å². The summed E-state index contributed by atoms with van der Waals surface area (Å²) in [5, 5.41) is 41.4. The summed E-state index contributed by atoms with van der Waals surface area (Å²) in [6.45, 7) is 3.77. The molecule has 0 saturated heterocycles. The lowest BCUT2D eigenvalue weighted by Gasteiger charge is -2.59.